The number of aliphatic carboxylic acids is 1. The third-order valence-corrected chi connectivity index (χ3v) is 3.96. The van der Waals surface area contributed by atoms with Crippen LogP contribution in [0.25, 0.3) is 0 Å². The van der Waals surface area contributed by atoms with Gasteiger partial charge in [-0.3, -0.25) is 4.79 Å². The van der Waals surface area contributed by atoms with Crippen molar-refractivity contribution in [3.8, 4) is 0 Å². The maximum Gasteiger partial charge on any atom is 0.327 e. The van der Waals surface area contributed by atoms with Crippen molar-refractivity contribution >= 4 is 23.6 Å². The molecular formula is C11H21NO4S. The van der Waals surface area contributed by atoms with Crippen LogP contribution in [0.3, 0.4) is 0 Å². The summed E-state index contributed by atoms with van der Waals surface area (Å²) in [5.41, 5.74) is -0.829. The molecule has 100 valence electrons. The van der Waals surface area contributed by atoms with Gasteiger partial charge in [-0.1, -0.05) is 13.8 Å². The third-order valence-electron chi connectivity index (χ3n) is 2.60. The summed E-state index contributed by atoms with van der Waals surface area (Å²) in [7, 11) is 0. The molecule has 17 heavy (non-hydrogen) atoms. The lowest BCUT2D eigenvalue weighted by atomic mass is 9.95. The topological polar surface area (TPSA) is 86.6 Å². The van der Waals surface area contributed by atoms with Crippen molar-refractivity contribution in [2.45, 2.75) is 39.3 Å². The maximum absolute atomic E-state index is 10.8. The molecule has 2 atom stereocenters. The lowest BCUT2D eigenvalue weighted by molar-refractivity contribution is -0.140. The average Bonchev–Trinajstić information content (AvgIpc) is 2.14. The molecule has 0 heterocycles. The number of carbonyl (C=O) groups is 2. The summed E-state index contributed by atoms with van der Waals surface area (Å²) < 4.78 is 0. The van der Waals surface area contributed by atoms with Gasteiger partial charge in [-0.05, 0) is 12.8 Å². The van der Waals surface area contributed by atoms with Crippen LogP contribution in [0.1, 0.15) is 27.7 Å². The summed E-state index contributed by atoms with van der Waals surface area (Å²) in [6, 6.07) is -0.902. The highest BCUT2D eigenvalue weighted by atomic mass is 32.2. The first-order chi connectivity index (χ1) is 7.66. The van der Waals surface area contributed by atoms with E-state index >= 15 is 0 Å². The van der Waals surface area contributed by atoms with Gasteiger partial charge in [-0.2, -0.15) is 11.8 Å². The molecule has 6 heteroatoms. The Morgan fingerprint density at radius 1 is 1.41 bits per heavy atom. The zero-order valence-corrected chi connectivity index (χ0v) is 11.5. The Labute approximate surface area is 106 Å². The minimum atomic E-state index is -1.06. The van der Waals surface area contributed by atoms with Crippen LogP contribution in [0.15, 0.2) is 0 Å². The largest absolute Gasteiger partial charge is 0.480 e. The zero-order chi connectivity index (χ0) is 13.6. The second-order valence-corrected chi connectivity index (χ2v) is 5.65. The van der Waals surface area contributed by atoms with Gasteiger partial charge in [0.1, 0.15) is 6.04 Å². The molecule has 0 aliphatic heterocycles. The number of carboxylic acid groups (broad SMARTS) is 1. The van der Waals surface area contributed by atoms with E-state index in [1.54, 1.807) is 6.92 Å². The van der Waals surface area contributed by atoms with Crippen molar-refractivity contribution in [1.82, 2.24) is 5.32 Å². The van der Waals surface area contributed by atoms with Gasteiger partial charge >= 0.3 is 5.97 Å². The van der Waals surface area contributed by atoms with Crippen LogP contribution in [-0.4, -0.2) is 45.2 Å². The molecule has 0 saturated carbocycles. The lowest BCUT2D eigenvalue weighted by Gasteiger charge is -2.27. The predicted molar refractivity (Wildman–Crippen MR) is 68.0 cm³/mol. The molecule has 0 radical (unpaired) electrons. The van der Waals surface area contributed by atoms with Crippen molar-refractivity contribution in [1.29, 1.82) is 0 Å². The van der Waals surface area contributed by atoms with Gasteiger partial charge in [0.25, 0.3) is 0 Å². The molecular weight excluding hydrogens is 242 g/mol. The monoisotopic (exact) mass is 263 g/mol. The third kappa shape index (κ3) is 6.53. The Kier molecular flexibility index (Phi) is 6.56. The molecule has 1 unspecified atom stereocenters. The second kappa shape index (κ2) is 6.86. The van der Waals surface area contributed by atoms with E-state index in [-0.39, 0.29) is 17.6 Å². The summed E-state index contributed by atoms with van der Waals surface area (Å²) in [6.07, 6.45) is 0. The predicted octanol–water partition coefficient (Wildman–Crippen LogP) is 0.716. The summed E-state index contributed by atoms with van der Waals surface area (Å²) in [5, 5.41) is 21.2. The van der Waals surface area contributed by atoms with Gasteiger partial charge in [0.05, 0.1) is 5.60 Å². The van der Waals surface area contributed by atoms with Gasteiger partial charge in [0, 0.05) is 18.4 Å². The fourth-order valence-electron chi connectivity index (χ4n) is 0.970. The summed E-state index contributed by atoms with van der Waals surface area (Å²) in [6.45, 7) is 6.82. The van der Waals surface area contributed by atoms with E-state index in [0.717, 1.165) is 0 Å². The first-order valence-electron chi connectivity index (χ1n) is 5.47. The first-order valence-corrected chi connectivity index (χ1v) is 6.62. The number of hydrogen-bond donors (Lipinski definition) is 3. The fraction of sp³-hybridized carbons (Fsp3) is 0.818. The van der Waals surface area contributed by atoms with Crippen LogP contribution in [0.2, 0.25) is 0 Å². The molecule has 0 aromatic carbocycles. The van der Waals surface area contributed by atoms with Crippen LogP contribution >= 0.6 is 11.8 Å². The Hall–Kier alpha value is -0.750. The Balaban J connectivity index is 4.15. The number of nitrogens with one attached hydrogen (secondary N) is 1. The van der Waals surface area contributed by atoms with Crippen LogP contribution in [0.5, 0.6) is 0 Å². The molecule has 3 N–H and O–H groups in total. The van der Waals surface area contributed by atoms with Crippen molar-refractivity contribution < 1.29 is 19.8 Å². The number of thioether (sulfide) groups is 1. The second-order valence-electron chi connectivity index (χ2n) is 4.62. The fourth-order valence-corrected chi connectivity index (χ4v) is 2.30. The number of aliphatic hydroxyl groups is 1. The van der Waals surface area contributed by atoms with Crippen LogP contribution in [-0.2, 0) is 9.59 Å². The molecule has 0 fully saturated rings. The normalized spacial score (nSPS) is 16.4. The van der Waals surface area contributed by atoms with Crippen LogP contribution < -0.4 is 5.32 Å². The summed E-state index contributed by atoms with van der Waals surface area (Å²) in [4.78, 5) is 21.6. The molecule has 0 aromatic rings. The van der Waals surface area contributed by atoms with Crippen molar-refractivity contribution in [2.75, 3.05) is 11.5 Å². The van der Waals surface area contributed by atoms with Crippen LogP contribution in [0, 0.1) is 5.92 Å². The van der Waals surface area contributed by atoms with Gasteiger partial charge in [0.15, 0.2) is 0 Å². The Morgan fingerprint density at radius 3 is 2.29 bits per heavy atom. The highest BCUT2D eigenvalue weighted by molar-refractivity contribution is 7.99. The van der Waals surface area contributed by atoms with Crippen molar-refractivity contribution in [3.63, 3.8) is 0 Å². The average molecular weight is 263 g/mol. The maximum atomic E-state index is 10.8. The van der Waals surface area contributed by atoms with E-state index in [0.29, 0.717) is 5.75 Å². The molecule has 0 saturated heterocycles. The van der Waals surface area contributed by atoms with Crippen LogP contribution in [0.4, 0.5) is 0 Å². The minimum absolute atomic E-state index is 0.0963. The minimum Gasteiger partial charge on any atom is -0.480 e. The van der Waals surface area contributed by atoms with E-state index < -0.39 is 17.6 Å². The standard InChI is InChI=1S/C11H21NO4S/c1-7(2)11(4,16)6-17-5-9(10(14)15)12-8(3)13/h7,9,16H,5-6H2,1-4H3,(H,12,13)(H,14,15)/t9-,11?/m0/s1. The SMILES string of the molecule is CC(=O)N[C@@H](CSCC(C)(O)C(C)C)C(=O)O. The van der Waals surface area contributed by atoms with Gasteiger partial charge in [-0.25, -0.2) is 4.79 Å². The number of carboxylic acids is 1. The summed E-state index contributed by atoms with van der Waals surface area (Å²) in [5.74, 6) is -0.643. The van der Waals surface area contributed by atoms with Crippen molar-refractivity contribution in [2.24, 2.45) is 5.92 Å². The van der Waals surface area contributed by atoms with E-state index in [1.807, 2.05) is 13.8 Å². The number of rotatable bonds is 7. The number of hydrogen-bond acceptors (Lipinski definition) is 4. The van der Waals surface area contributed by atoms with E-state index in [2.05, 4.69) is 5.32 Å². The molecule has 0 rings (SSSR count). The molecule has 0 aromatic heterocycles. The smallest absolute Gasteiger partial charge is 0.327 e. The molecule has 0 spiro atoms. The van der Waals surface area contributed by atoms with Crippen molar-refractivity contribution in [3.05, 3.63) is 0 Å². The van der Waals surface area contributed by atoms with E-state index in [1.165, 1.54) is 18.7 Å². The molecule has 0 aliphatic carbocycles. The van der Waals surface area contributed by atoms with Gasteiger partial charge < -0.3 is 15.5 Å². The lowest BCUT2D eigenvalue weighted by Crippen LogP contribution is -2.42. The zero-order valence-electron chi connectivity index (χ0n) is 10.7. The molecule has 5 nitrogen and oxygen atoms in total. The number of amides is 1. The molecule has 0 aliphatic rings. The van der Waals surface area contributed by atoms with E-state index in [4.69, 9.17) is 5.11 Å². The first kappa shape index (κ1) is 16.2. The summed E-state index contributed by atoms with van der Waals surface area (Å²) >= 11 is 1.32. The molecule has 0 bridgehead atoms. The highest BCUT2D eigenvalue weighted by Gasteiger charge is 2.26. The Morgan fingerprint density at radius 2 is 1.94 bits per heavy atom. The van der Waals surface area contributed by atoms with Gasteiger partial charge in [-0.15, -0.1) is 0 Å². The van der Waals surface area contributed by atoms with Gasteiger partial charge in [0.2, 0.25) is 5.91 Å². The quantitative estimate of drug-likeness (QED) is 0.630. The van der Waals surface area contributed by atoms with E-state index in [9.17, 15) is 14.7 Å². The Bertz CT molecular complexity index is 279. The highest BCUT2D eigenvalue weighted by Crippen LogP contribution is 2.21. The molecule has 1 amide bonds. The number of carbonyl (C=O) groups excluding carboxylic acids is 1.